The highest BCUT2D eigenvalue weighted by molar-refractivity contribution is 7.78. The van der Waals surface area contributed by atoms with Gasteiger partial charge in [-0.2, -0.15) is 0 Å². The maximum atomic E-state index is 4.36. The molecule has 76 valence electrons. The third-order valence-corrected chi connectivity index (χ3v) is 2.59. The van der Waals surface area contributed by atoms with Crippen LogP contribution in [0.3, 0.4) is 0 Å². The van der Waals surface area contributed by atoms with Gasteiger partial charge in [0, 0.05) is 12.7 Å². The monoisotopic (exact) mass is 210 g/mol. The summed E-state index contributed by atoms with van der Waals surface area (Å²) in [6.07, 6.45) is 6.04. The zero-order valence-corrected chi connectivity index (χ0v) is 9.11. The molecule has 0 aromatic rings. The van der Waals surface area contributed by atoms with Crippen LogP contribution in [0.4, 0.5) is 0 Å². The van der Waals surface area contributed by atoms with Crippen molar-refractivity contribution in [1.82, 2.24) is 9.21 Å². The summed E-state index contributed by atoms with van der Waals surface area (Å²) in [7, 11) is 0. The van der Waals surface area contributed by atoms with Crippen LogP contribution >= 0.6 is 12.8 Å². The fourth-order valence-electron chi connectivity index (χ4n) is 1.51. The zero-order valence-electron chi connectivity index (χ0n) is 8.22. The van der Waals surface area contributed by atoms with E-state index in [1.165, 1.54) is 12.8 Å². The summed E-state index contributed by atoms with van der Waals surface area (Å²) >= 11 is 4.36. The number of aliphatic imine (C=N–C) groups is 2. The SMILES string of the molecule is CCCCN1C=C2N=CN=C2N(S)C1. The van der Waals surface area contributed by atoms with Gasteiger partial charge in [-0.05, 0) is 6.42 Å². The molecule has 0 aromatic carbocycles. The molecular weight excluding hydrogens is 196 g/mol. The fraction of sp³-hybridized carbons (Fsp3) is 0.556. The van der Waals surface area contributed by atoms with Crippen LogP contribution in [0, 0.1) is 0 Å². The first-order valence-electron chi connectivity index (χ1n) is 4.84. The Morgan fingerprint density at radius 2 is 2.43 bits per heavy atom. The Bertz CT molecular complexity index is 308. The van der Waals surface area contributed by atoms with E-state index in [-0.39, 0.29) is 0 Å². The average molecular weight is 210 g/mol. The molecule has 0 aliphatic carbocycles. The summed E-state index contributed by atoms with van der Waals surface area (Å²) in [5.41, 5.74) is 0.919. The Hall–Kier alpha value is -0.970. The first-order valence-corrected chi connectivity index (χ1v) is 5.24. The van der Waals surface area contributed by atoms with Crippen molar-refractivity contribution in [2.45, 2.75) is 19.8 Å². The average Bonchev–Trinajstić information content (AvgIpc) is 2.63. The summed E-state index contributed by atoms with van der Waals surface area (Å²) in [6, 6.07) is 0. The first kappa shape index (κ1) is 9.58. The van der Waals surface area contributed by atoms with Gasteiger partial charge in [0.1, 0.15) is 18.7 Å². The highest BCUT2D eigenvalue weighted by Crippen LogP contribution is 2.19. The largest absolute Gasteiger partial charge is 0.357 e. The van der Waals surface area contributed by atoms with Crippen molar-refractivity contribution < 1.29 is 0 Å². The van der Waals surface area contributed by atoms with E-state index in [1.54, 1.807) is 6.34 Å². The predicted octanol–water partition coefficient (Wildman–Crippen LogP) is 1.49. The molecular formula is C9H14N4S. The smallest absolute Gasteiger partial charge is 0.169 e. The maximum Gasteiger partial charge on any atom is 0.169 e. The number of rotatable bonds is 3. The second-order valence-electron chi connectivity index (χ2n) is 3.42. The molecule has 0 unspecified atom stereocenters. The van der Waals surface area contributed by atoms with Gasteiger partial charge in [0.25, 0.3) is 0 Å². The number of unbranched alkanes of at least 4 members (excludes halogenated alkanes) is 1. The van der Waals surface area contributed by atoms with Gasteiger partial charge in [-0.1, -0.05) is 26.2 Å². The van der Waals surface area contributed by atoms with E-state index < -0.39 is 0 Å². The molecule has 0 amide bonds. The summed E-state index contributed by atoms with van der Waals surface area (Å²) in [6.45, 7) is 4.03. The molecule has 14 heavy (non-hydrogen) atoms. The van der Waals surface area contributed by atoms with Crippen LogP contribution in [-0.4, -0.2) is 34.6 Å². The quantitative estimate of drug-likeness (QED) is 0.716. The van der Waals surface area contributed by atoms with Crippen molar-refractivity contribution in [2.24, 2.45) is 9.98 Å². The minimum Gasteiger partial charge on any atom is -0.357 e. The topological polar surface area (TPSA) is 31.2 Å². The molecule has 0 aromatic heterocycles. The van der Waals surface area contributed by atoms with E-state index in [0.29, 0.717) is 0 Å². The van der Waals surface area contributed by atoms with Gasteiger partial charge in [-0.3, -0.25) is 4.31 Å². The standard InChI is InChI=1S/C9H14N4S/c1-2-3-4-12-5-8-9(11-6-10-8)13(14)7-12/h5-6,14H,2-4,7H2,1H3. The molecule has 4 nitrogen and oxygen atoms in total. The molecule has 2 aliphatic heterocycles. The summed E-state index contributed by atoms with van der Waals surface area (Å²) in [4.78, 5) is 10.5. The molecule has 0 fully saturated rings. The summed E-state index contributed by atoms with van der Waals surface area (Å²) in [5, 5.41) is 0. The number of hydrogen-bond acceptors (Lipinski definition) is 5. The minimum atomic E-state index is 0.787. The molecule has 0 saturated heterocycles. The van der Waals surface area contributed by atoms with Crippen LogP contribution in [-0.2, 0) is 0 Å². The van der Waals surface area contributed by atoms with E-state index in [1.807, 2.05) is 4.31 Å². The normalized spacial score (nSPS) is 19.6. The van der Waals surface area contributed by atoms with Gasteiger partial charge in [-0.25, -0.2) is 9.98 Å². The second kappa shape index (κ2) is 4.04. The van der Waals surface area contributed by atoms with E-state index >= 15 is 0 Å². The number of amidine groups is 1. The van der Waals surface area contributed by atoms with Crippen molar-refractivity contribution in [1.29, 1.82) is 0 Å². The Morgan fingerprint density at radius 3 is 3.21 bits per heavy atom. The van der Waals surface area contributed by atoms with Crippen LogP contribution < -0.4 is 0 Å². The lowest BCUT2D eigenvalue weighted by Gasteiger charge is -2.31. The van der Waals surface area contributed by atoms with E-state index in [0.717, 1.165) is 24.7 Å². The molecule has 5 heteroatoms. The van der Waals surface area contributed by atoms with Crippen LogP contribution in [0.25, 0.3) is 0 Å². The van der Waals surface area contributed by atoms with Gasteiger partial charge in [-0.15, -0.1) is 0 Å². The molecule has 0 spiro atoms. The van der Waals surface area contributed by atoms with E-state index in [9.17, 15) is 0 Å². The number of thiol groups is 1. The Kier molecular flexibility index (Phi) is 2.77. The van der Waals surface area contributed by atoms with Crippen molar-refractivity contribution >= 4 is 25.0 Å². The third kappa shape index (κ3) is 1.77. The van der Waals surface area contributed by atoms with E-state index in [4.69, 9.17) is 0 Å². The van der Waals surface area contributed by atoms with Crippen LogP contribution in [0.5, 0.6) is 0 Å². The van der Waals surface area contributed by atoms with Crippen molar-refractivity contribution in [2.75, 3.05) is 13.2 Å². The molecule has 0 N–H and O–H groups in total. The molecule has 2 heterocycles. The highest BCUT2D eigenvalue weighted by Gasteiger charge is 2.23. The number of nitrogens with zero attached hydrogens (tertiary/aromatic N) is 4. The lowest BCUT2D eigenvalue weighted by molar-refractivity contribution is 0.306. The van der Waals surface area contributed by atoms with Crippen molar-refractivity contribution in [3.05, 3.63) is 11.9 Å². The van der Waals surface area contributed by atoms with Crippen molar-refractivity contribution in [3.8, 4) is 0 Å². The van der Waals surface area contributed by atoms with Crippen molar-refractivity contribution in [3.63, 3.8) is 0 Å². The minimum absolute atomic E-state index is 0.787. The number of hydrogen-bond donors (Lipinski definition) is 1. The molecule has 0 bridgehead atoms. The van der Waals surface area contributed by atoms with E-state index in [2.05, 4.69) is 40.8 Å². The third-order valence-electron chi connectivity index (χ3n) is 2.27. The summed E-state index contributed by atoms with van der Waals surface area (Å²) in [5.74, 6) is 0.862. The van der Waals surface area contributed by atoms with Gasteiger partial charge in [0.05, 0.1) is 0 Å². The Labute approximate surface area is 89.6 Å². The lowest BCUT2D eigenvalue weighted by Crippen LogP contribution is -2.38. The molecule has 2 rings (SSSR count). The molecule has 0 radical (unpaired) electrons. The predicted molar refractivity (Wildman–Crippen MR) is 61.3 cm³/mol. The number of fused-ring (bicyclic) bond motifs is 1. The maximum absolute atomic E-state index is 4.36. The van der Waals surface area contributed by atoms with Crippen LogP contribution in [0.1, 0.15) is 19.8 Å². The first-order chi connectivity index (χ1) is 6.81. The summed E-state index contributed by atoms with van der Waals surface area (Å²) < 4.78 is 1.83. The fourth-order valence-corrected chi connectivity index (χ4v) is 1.83. The molecule has 0 saturated carbocycles. The Morgan fingerprint density at radius 1 is 1.57 bits per heavy atom. The lowest BCUT2D eigenvalue weighted by atomic mass is 10.3. The second-order valence-corrected chi connectivity index (χ2v) is 3.90. The van der Waals surface area contributed by atoms with Gasteiger partial charge in [0.15, 0.2) is 5.84 Å². The van der Waals surface area contributed by atoms with Gasteiger partial charge >= 0.3 is 0 Å². The highest BCUT2D eigenvalue weighted by atomic mass is 32.1. The van der Waals surface area contributed by atoms with Crippen LogP contribution in [0.2, 0.25) is 0 Å². The van der Waals surface area contributed by atoms with Gasteiger partial charge < -0.3 is 4.90 Å². The zero-order chi connectivity index (χ0) is 9.97. The Balaban J connectivity index is 2.06. The van der Waals surface area contributed by atoms with Gasteiger partial charge in [0.2, 0.25) is 0 Å². The van der Waals surface area contributed by atoms with Crippen LogP contribution in [0.15, 0.2) is 21.9 Å². The molecule has 0 atom stereocenters. The molecule has 2 aliphatic rings.